The Kier molecular flexibility index (Phi) is 3.28. The van der Waals surface area contributed by atoms with Crippen molar-refractivity contribution >= 4 is 5.91 Å². The van der Waals surface area contributed by atoms with E-state index in [1.807, 2.05) is 10.9 Å². The van der Waals surface area contributed by atoms with Crippen LogP contribution in [0, 0.1) is 5.82 Å². The number of aromatic hydroxyl groups is 1. The molecule has 2 aromatic rings. The van der Waals surface area contributed by atoms with Crippen molar-refractivity contribution in [2.24, 2.45) is 0 Å². The summed E-state index contributed by atoms with van der Waals surface area (Å²) in [5.41, 5.74) is 1.29. The molecular formula is C16H17FN4O2. The number of benzene rings is 1. The molecule has 0 radical (unpaired) electrons. The molecule has 1 aliphatic carbocycles. The Morgan fingerprint density at radius 3 is 2.87 bits per heavy atom. The molecule has 0 bridgehead atoms. The number of nitrogens with zero attached hydrogens (tertiary/aromatic N) is 4. The third-order valence-corrected chi connectivity index (χ3v) is 4.54. The van der Waals surface area contributed by atoms with Crippen LogP contribution in [0.4, 0.5) is 4.39 Å². The van der Waals surface area contributed by atoms with Gasteiger partial charge in [0.1, 0.15) is 0 Å². The predicted molar refractivity (Wildman–Crippen MR) is 79.6 cm³/mol. The lowest BCUT2D eigenvalue weighted by molar-refractivity contribution is 0.0786. The van der Waals surface area contributed by atoms with Crippen molar-refractivity contribution in [3.63, 3.8) is 0 Å². The standard InChI is InChI=1S/C16H17FN4O2/c17-13-7-11(3-4-15(13)22)16(23)20-6-5-12(8-20)21-9-14(18-19-21)10-1-2-10/h3-4,7,9-10,12,22H,1-2,5-6,8H2. The number of hydrogen-bond acceptors (Lipinski definition) is 4. The van der Waals surface area contributed by atoms with E-state index in [2.05, 4.69) is 10.3 Å². The summed E-state index contributed by atoms with van der Waals surface area (Å²) in [5.74, 6) is -0.898. The fraction of sp³-hybridized carbons (Fsp3) is 0.438. The molecule has 4 rings (SSSR count). The van der Waals surface area contributed by atoms with Crippen molar-refractivity contribution in [2.75, 3.05) is 13.1 Å². The zero-order valence-corrected chi connectivity index (χ0v) is 12.5. The minimum absolute atomic E-state index is 0.112. The highest BCUT2D eigenvalue weighted by Gasteiger charge is 2.31. The maximum absolute atomic E-state index is 13.4. The number of hydrogen-bond donors (Lipinski definition) is 1. The second kappa shape index (κ2) is 5.33. The van der Waals surface area contributed by atoms with E-state index >= 15 is 0 Å². The topological polar surface area (TPSA) is 71.2 Å². The lowest BCUT2D eigenvalue weighted by atomic mass is 10.2. The molecule has 1 aromatic heterocycles. The van der Waals surface area contributed by atoms with Crippen LogP contribution in [-0.2, 0) is 0 Å². The molecule has 1 unspecified atom stereocenters. The van der Waals surface area contributed by atoms with E-state index in [1.54, 1.807) is 4.90 Å². The third-order valence-electron chi connectivity index (χ3n) is 4.54. The summed E-state index contributed by atoms with van der Waals surface area (Å²) in [6, 6.07) is 3.83. The van der Waals surface area contributed by atoms with Crippen LogP contribution < -0.4 is 0 Å². The van der Waals surface area contributed by atoms with Crippen molar-refractivity contribution in [1.82, 2.24) is 19.9 Å². The number of aromatic nitrogens is 3. The molecule has 1 N–H and O–H groups in total. The summed E-state index contributed by atoms with van der Waals surface area (Å²) < 4.78 is 15.3. The summed E-state index contributed by atoms with van der Waals surface area (Å²) in [6.45, 7) is 1.14. The van der Waals surface area contributed by atoms with Crippen LogP contribution in [0.25, 0.3) is 0 Å². The fourth-order valence-electron chi connectivity index (χ4n) is 3.00. The van der Waals surface area contributed by atoms with Gasteiger partial charge in [0.15, 0.2) is 11.6 Å². The quantitative estimate of drug-likeness (QED) is 0.941. The first-order chi connectivity index (χ1) is 11.1. The molecule has 120 valence electrons. The summed E-state index contributed by atoms with van der Waals surface area (Å²) in [7, 11) is 0. The minimum atomic E-state index is -0.781. The van der Waals surface area contributed by atoms with Gasteiger partial charge in [-0.1, -0.05) is 5.21 Å². The van der Waals surface area contributed by atoms with Gasteiger partial charge in [-0.05, 0) is 37.5 Å². The Bertz CT molecular complexity index is 756. The average Bonchev–Trinajstić information content (AvgIpc) is 3.09. The van der Waals surface area contributed by atoms with E-state index in [1.165, 1.54) is 25.0 Å². The number of likely N-dealkylation sites (tertiary alicyclic amines) is 1. The molecule has 2 fully saturated rings. The van der Waals surface area contributed by atoms with Gasteiger partial charge in [0.2, 0.25) is 0 Å². The van der Waals surface area contributed by atoms with Gasteiger partial charge in [-0.3, -0.25) is 4.79 Å². The van der Waals surface area contributed by atoms with Gasteiger partial charge in [0, 0.05) is 30.8 Å². The smallest absolute Gasteiger partial charge is 0.254 e. The monoisotopic (exact) mass is 316 g/mol. The van der Waals surface area contributed by atoms with Crippen LogP contribution in [0.15, 0.2) is 24.4 Å². The zero-order valence-electron chi connectivity index (χ0n) is 12.5. The molecular weight excluding hydrogens is 299 g/mol. The molecule has 7 heteroatoms. The number of halogens is 1. The normalized spacial score (nSPS) is 20.9. The van der Waals surface area contributed by atoms with Crippen LogP contribution in [0.1, 0.15) is 47.3 Å². The maximum atomic E-state index is 13.4. The van der Waals surface area contributed by atoms with E-state index in [0.717, 1.165) is 18.2 Å². The molecule has 1 aliphatic heterocycles. The Morgan fingerprint density at radius 2 is 2.13 bits per heavy atom. The van der Waals surface area contributed by atoms with Gasteiger partial charge in [0.05, 0.1) is 11.7 Å². The minimum Gasteiger partial charge on any atom is -0.505 e. The van der Waals surface area contributed by atoms with Crippen LogP contribution in [-0.4, -0.2) is 44.0 Å². The number of phenols is 1. The highest BCUT2D eigenvalue weighted by Crippen LogP contribution is 2.39. The second-order valence-electron chi connectivity index (χ2n) is 6.26. The highest BCUT2D eigenvalue weighted by atomic mass is 19.1. The molecule has 6 nitrogen and oxygen atoms in total. The summed E-state index contributed by atoms with van der Waals surface area (Å²) in [4.78, 5) is 14.1. The van der Waals surface area contributed by atoms with Crippen LogP contribution in [0.3, 0.4) is 0 Å². The Labute approximate surface area is 132 Å². The average molecular weight is 316 g/mol. The van der Waals surface area contributed by atoms with E-state index in [9.17, 15) is 14.3 Å². The van der Waals surface area contributed by atoms with Crippen LogP contribution >= 0.6 is 0 Å². The van der Waals surface area contributed by atoms with Gasteiger partial charge in [-0.2, -0.15) is 0 Å². The summed E-state index contributed by atoms with van der Waals surface area (Å²) >= 11 is 0. The Balaban J connectivity index is 1.46. The molecule has 1 aromatic carbocycles. The van der Waals surface area contributed by atoms with Gasteiger partial charge in [0.25, 0.3) is 5.91 Å². The third kappa shape index (κ3) is 2.67. The molecule has 1 saturated carbocycles. The van der Waals surface area contributed by atoms with Crippen LogP contribution in [0.5, 0.6) is 5.75 Å². The fourth-order valence-corrected chi connectivity index (χ4v) is 3.00. The number of phenolic OH excluding ortho intramolecular Hbond substituents is 1. The van der Waals surface area contributed by atoms with E-state index in [0.29, 0.717) is 19.0 Å². The second-order valence-corrected chi connectivity index (χ2v) is 6.26. The van der Waals surface area contributed by atoms with Crippen molar-refractivity contribution < 1.29 is 14.3 Å². The number of carbonyl (C=O) groups excluding carboxylic acids is 1. The first-order valence-electron chi connectivity index (χ1n) is 7.81. The molecule has 0 spiro atoms. The molecule has 1 atom stereocenters. The largest absolute Gasteiger partial charge is 0.505 e. The number of amides is 1. The van der Waals surface area contributed by atoms with Gasteiger partial charge < -0.3 is 10.0 Å². The SMILES string of the molecule is O=C(c1ccc(O)c(F)c1)N1CCC(n2cc(C3CC3)nn2)C1. The van der Waals surface area contributed by atoms with E-state index in [-0.39, 0.29) is 17.5 Å². The van der Waals surface area contributed by atoms with Crippen molar-refractivity contribution in [1.29, 1.82) is 0 Å². The van der Waals surface area contributed by atoms with Gasteiger partial charge >= 0.3 is 0 Å². The lowest BCUT2D eigenvalue weighted by Crippen LogP contribution is -2.29. The van der Waals surface area contributed by atoms with Crippen molar-refractivity contribution in [3.05, 3.63) is 41.5 Å². The number of carbonyl (C=O) groups is 1. The molecule has 1 saturated heterocycles. The first-order valence-corrected chi connectivity index (χ1v) is 7.81. The van der Waals surface area contributed by atoms with Crippen molar-refractivity contribution in [2.45, 2.75) is 31.2 Å². The van der Waals surface area contributed by atoms with Crippen molar-refractivity contribution in [3.8, 4) is 5.75 Å². The van der Waals surface area contributed by atoms with E-state index < -0.39 is 11.6 Å². The molecule has 2 aliphatic rings. The maximum Gasteiger partial charge on any atom is 0.254 e. The molecule has 1 amide bonds. The predicted octanol–water partition coefficient (Wildman–Crippen LogP) is 2.09. The lowest BCUT2D eigenvalue weighted by Gasteiger charge is -2.16. The highest BCUT2D eigenvalue weighted by molar-refractivity contribution is 5.94. The molecule has 23 heavy (non-hydrogen) atoms. The first kappa shape index (κ1) is 14.2. The molecule has 2 heterocycles. The Morgan fingerprint density at radius 1 is 1.30 bits per heavy atom. The zero-order chi connectivity index (χ0) is 16.0. The Hall–Kier alpha value is -2.44. The van der Waals surface area contributed by atoms with Crippen LogP contribution in [0.2, 0.25) is 0 Å². The van der Waals surface area contributed by atoms with Gasteiger partial charge in [-0.15, -0.1) is 5.10 Å². The number of rotatable bonds is 3. The summed E-state index contributed by atoms with van der Waals surface area (Å²) in [6.07, 6.45) is 5.15. The summed E-state index contributed by atoms with van der Waals surface area (Å²) in [5, 5.41) is 17.6. The van der Waals surface area contributed by atoms with Gasteiger partial charge in [-0.25, -0.2) is 9.07 Å². The van der Waals surface area contributed by atoms with E-state index in [4.69, 9.17) is 0 Å².